The van der Waals surface area contributed by atoms with Crippen LogP contribution in [0.4, 0.5) is 4.39 Å². The van der Waals surface area contributed by atoms with Crippen LogP contribution in [0, 0.1) is 12.7 Å². The molecule has 2 rings (SSSR count). The van der Waals surface area contributed by atoms with Gasteiger partial charge in [-0.05, 0) is 41.9 Å². The van der Waals surface area contributed by atoms with Gasteiger partial charge in [0.1, 0.15) is 18.2 Å². The Kier molecular flexibility index (Phi) is 4.78. The molecule has 0 bridgehead atoms. The molecule has 0 aliphatic heterocycles. The molecule has 0 aliphatic carbocycles. The molecule has 1 unspecified atom stereocenters. The first-order valence-electron chi connectivity index (χ1n) is 6.41. The van der Waals surface area contributed by atoms with Crippen LogP contribution in [0.5, 0.6) is 5.75 Å². The van der Waals surface area contributed by atoms with Gasteiger partial charge in [-0.3, -0.25) is 0 Å². The molecule has 0 spiro atoms. The molecule has 2 nitrogen and oxygen atoms in total. The van der Waals surface area contributed by atoms with E-state index < -0.39 is 0 Å². The van der Waals surface area contributed by atoms with Gasteiger partial charge in [-0.2, -0.15) is 0 Å². The van der Waals surface area contributed by atoms with Gasteiger partial charge in [0.2, 0.25) is 0 Å². The summed E-state index contributed by atoms with van der Waals surface area (Å²) in [7, 11) is 0. The smallest absolute Gasteiger partial charge is 0.137 e. The van der Waals surface area contributed by atoms with Crippen LogP contribution in [0.15, 0.2) is 40.9 Å². The minimum atomic E-state index is -0.289. The number of aryl methyl sites for hydroxylation is 1. The molecule has 2 N–H and O–H groups in total. The molecule has 0 aromatic heterocycles. The Balaban J connectivity index is 2.21. The van der Waals surface area contributed by atoms with Crippen LogP contribution in [0.2, 0.25) is 0 Å². The SMILES string of the molecule is Cc1ccc(OCc2cccc(F)c2Br)c(C(C)N)c1. The van der Waals surface area contributed by atoms with E-state index >= 15 is 0 Å². The lowest BCUT2D eigenvalue weighted by Gasteiger charge is -2.15. The van der Waals surface area contributed by atoms with Crippen molar-refractivity contribution in [3.05, 3.63) is 63.4 Å². The Morgan fingerprint density at radius 2 is 2.05 bits per heavy atom. The van der Waals surface area contributed by atoms with Gasteiger partial charge in [0.25, 0.3) is 0 Å². The highest BCUT2D eigenvalue weighted by Gasteiger charge is 2.10. The standard InChI is InChI=1S/C16H17BrFNO/c1-10-6-7-15(13(8-10)11(2)19)20-9-12-4-3-5-14(18)16(12)17/h3-8,11H,9,19H2,1-2H3. The molecule has 0 amide bonds. The summed E-state index contributed by atoms with van der Waals surface area (Å²) >= 11 is 3.23. The van der Waals surface area contributed by atoms with Crippen LogP contribution in [0.3, 0.4) is 0 Å². The van der Waals surface area contributed by atoms with E-state index in [0.717, 1.165) is 22.4 Å². The third-order valence-corrected chi connectivity index (χ3v) is 3.96. The molecule has 0 saturated heterocycles. The quantitative estimate of drug-likeness (QED) is 0.891. The zero-order chi connectivity index (χ0) is 14.7. The Hall–Kier alpha value is -1.39. The molecule has 0 radical (unpaired) electrons. The van der Waals surface area contributed by atoms with E-state index in [9.17, 15) is 4.39 Å². The van der Waals surface area contributed by atoms with E-state index in [1.165, 1.54) is 6.07 Å². The maximum absolute atomic E-state index is 13.4. The molecule has 0 aliphatic rings. The third-order valence-electron chi connectivity index (χ3n) is 3.07. The first kappa shape index (κ1) is 15.0. The largest absolute Gasteiger partial charge is 0.489 e. The molecule has 0 saturated carbocycles. The van der Waals surface area contributed by atoms with Crippen molar-refractivity contribution in [2.24, 2.45) is 5.73 Å². The lowest BCUT2D eigenvalue weighted by atomic mass is 10.1. The number of rotatable bonds is 4. The van der Waals surface area contributed by atoms with Gasteiger partial charge in [0.15, 0.2) is 0 Å². The number of ether oxygens (including phenoxy) is 1. The van der Waals surface area contributed by atoms with Crippen molar-refractivity contribution in [2.45, 2.75) is 26.5 Å². The Morgan fingerprint density at radius 3 is 2.75 bits per heavy atom. The fourth-order valence-corrected chi connectivity index (χ4v) is 2.35. The van der Waals surface area contributed by atoms with Crippen LogP contribution < -0.4 is 10.5 Å². The Labute approximate surface area is 126 Å². The van der Waals surface area contributed by atoms with Crippen molar-refractivity contribution in [3.63, 3.8) is 0 Å². The molecule has 106 valence electrons. The maximum atomic E-state index is 13.4. The van der Waals surface area contributed by atoms with Gasteiger partial charge in [0, 0.05) is 17.2 Å². The predicted octanol–water partition coefficient (Wildman–Crippen LogP) is 4.50. The zero-order valence-corrected chi connectivity index (χ0v) is 13.1. The highest BCUT2D eigenvalue weighted by atomic mass is 79.9. The summed E-state index contributed by atoms with van der Waals surface area (Å²) in [6.07, 6.45) is 0. The summed E-state index contributed by atoms with van der Waals surface area (Å²) in [5, 5.41) is 0. The van der Waals surface area contributed by atoms with Crippen molar-refractivity contribution < 1.29 is 9.13 Å². The van der Waals surface area contributed by atoms with Crippen molar-refractivity contribution in [1.82, 2.24) is 0 Å². The van der Waals surface area contributed by atoms with Crippen LogP contribution in [-0.2, 0) is 6.61 Å². The highest BCUT2D eigenvalue weighted by Crippen LogP contribution is 2.27. The van der Waals surface area contributed by atoms with E-state index in [1.54, 1.807) is 6.07 Å². The van der Waals surface area contributed by atoms with Gasteiger partial charge in [-0.1, -0.05) is 29.8 Å². The normalized spacial score (nSPS) is 12.2. The van der Waals surface area contributed by atoms with Crippen molar-refractivity contribution in [2.75, 3.05) is 0 Å². The summed E-state index contributed by atoms with van der Waals surface area (Å²) < 4.78 is 19.7. The number of halogens is 2. The minimum absolute atomic E-state index is 0.110. The van der Waals surface area contributed by atoms with E-state index in [1.807, 2.05) is 38.1 Å². The summed E-state index contributed by atoms with van der Waals surface area (Å²) in [6, 6.07) is 10.7. The summed E-state index contributed by atoms with van der Waals surface area (Å²) in [5.41, 5.74) is 8.81. The van der Waals surface area contributed by atoms with Gasteiger partial charge >= 0.3 is 0 Å². The molecule has 20 heavy (non-hydrogen) atoms. The third kappa shape index (κ3) is 3.38. The Bertz CT molecular complexity index is 613. The number of hydrogen-bond donors (Lipinski definition) is 1. The lowest BCUT2D eigenvalue weighted by Crippen LogP contribution is -2.08. The fraction of sp³-hybridized carbons (Fsp3) is 0.250. The maximum Gasteiger partial charge on any atom is 0.137 e. The van der Waals surface area contributed by atoms with Crippen molar-refractivity contribution in [1.29, 1.82) is 0 Å². The zero-order valence-electron chi connectivity index (χ0n) is 11.5. The van der Waals surface area contributed by atoms with Crippen LogP contribution in [0.25, 0.3) is 0 Å². The second kappa shape index (κ2) is 6.37. The lowest BCUT2D eigenvalue weighted by molar-refractivity contribution is 0.300. The van der Waals surface area contributed by atoms with E-state index in [2.05, 4.69) is 15.9 Å². The molecule has 1 atom stereocenters. The molecule has 0 fully saturated rings. The number of nitrogens with two attached hydrogens (primary N) is 1. The number of hydrogen-bond acceptors (Lipinski definition) is 2. The topological polar surface area (TPSA) is 35.2 Å². The van der Waals surface area contributed by atoms with Gasteiger partial charge in [-0.15, -0.1) is 0 Å². The second-order valence-corrected chi connectivity index (χ2v) is 5.62. The highest BCUT2D eigenvalue weighted by molar-refractivity contribution is 9.10. The van der Waals surface area contributed by atoms with E-state index in [-0.39, 0.29) is 11.9 Å². The molecule has 0 heterocycles. The monoisotopic (exact) mass is 337 g/mol. The predicted molar refractivity (Wildman–Crippen MR) is 82.2 cm³/mol. The number of benzene rings is 2. The van der Waals surface area contributed by atoms with Crippen LogP contribution in [-0.4, -0.2) is 0 Å². The van der Waals surface area contributed by atoms with Crippen molar-refractivity contribution >= 4 is 15.9 Å². The second-order valence-electron chi connectivity index (χ2n) is 4.83. The molecule has 4 heteroatoms. The Morgan fingerprint density at radius 1 is 1.30 bits per heavy atom. The summed E-state index contributed by atoms with van der Waals surface area (Å²) in [4.78, 5) is 0. The van der Waals surface area contributed by atoms with Gasteiger partial charge < -0.3 is 10.5 Å². The van der Waals surface area contributed by atoms with E-state index in [0.29, 0.717) is 11.1 Å². The fourth-order valence-electron chi connectivity index (χ4n) is 1.97. The first-order valence-corrected chi connectivity index (χ1v) is 7.20. The van der Waals surface area contributed by atoms with Crippen molar-refractivity contribution in [3.8, 4) is 5.75 Å². The molecule has 2 aromatic carbocycles. The van der Waals surface area contributed by atoms with E-state index in [4.69, 9.17) is 10.5 Å². The van der Waals surface area contributed by atoms with Crippen LogP contribution in [0.1, 0.15) is 29.7 Å². The molecular formula is C16H17BrFNO. The summed E-state index contributed by atoms with van der Waals surface area (Å²) in [5.74, 6) is 0.448. The summed E-state index contributed by atoms with van der Waals surface area (Å²) in [6.45, 7) is 4.22. The van der Waals surface area contributed by atoms with Crippen LogP contribution >= 0.6 is 15.9 Å². The first-order chi connectivity index (χ1) is 9.49. The molecule has 2 aromatic rings. The molecular weight excluding hydrogens is 321 g/mol. The average Bonchev–Trinajstić information content (AvgIpc) is 2.41. The minimum Gasteiger partial charge on any atom is -0.489 e. The van der Waals surface area contributed by atoms with Gasteiger partial charge in [0.05, 0.1) is 4.47 Å². The average molecular weight is 338 g/mol. The van der Waals surface area contributed by atoms with Gasteiger partial charge in [-0.25, -0.2) is 4.39 Å².